The van der Waals surface area contributed by atoms with Crippen LogP contribution in [0, 0.1) is 0 Å². The van der Waals surface area contributed by atoms with Crippen LogP contribution in [0.5, 0.6) is 5.75 Å². The molecule has 4 rings (SSSR count). The molecule has 0 saturated carbocycles. The Bertz CT molecular complexity index is 775. The molecule has 7 heteroatoms. The molecule has 1 aromatic carbocycles. The lowest BCUT2D eigenvalue weighted by atomic mass is 10.1. The highest BCUT2D eigenvalue weighted by atomic mass is 16.5. The fraction of sp³-hybridized carbons (Fsp3) is 0.500. The number of carbonyl (C=O) groups excluding carboxylic acids is 1. The van der Waals surface area contributed by atoms with Gasteiger partial charge in [0.15, 0.2) is 11.6 Å². The minimum atomic E-state index is -0.167. The largest absolute Gasteiger partial charge is 0.497 e. The number of nitrogens with one attached hydrogen (secondary N) is 1. The summed E-state index contributed by atoms with van der Waals surface area (Å²) in [4.78, 5) is 15.2. The monoisotopic (exact) mass is 371 g/mol. The van der Waals surface area contributed by atoms with Gasteiger partial charge in [0.25, 0.3) is 5.91 Å². The predicted molar refractivity (Wildman–Crippen MR) is 101 cm³/mol. The van der Waals surface area contributed by atoms with Gasteiger partial charge in [-0.15, -0.1) is 0 Å². The quantitative estimate of drug-likeness (QED) is 0.841. The van der Waals surface area contributed by atoms with Crippen LogP contribution in [0.15, 0.2) is 28.8 Å². The lowest BCUT2D eigenvalue weighted by Crippen LogP contribution is -2.33. The normalized spacial score (nSPS) is 19.4. The van der Waals surface area contributed by atoms with Crippen LogP contribution in [0.2, 0.25) is 0 Å². The molecule has 3 heterocycles. The molecule has 1 N–H and O–H groups in total. The number of aromatic nitrogens is 1. The molecule has 1 aromatic heterocycles. The standard InChI is InChI=1S/C20H25N3O4/c1-25-15-8-6-14(7-9-15)18-17(19(22-27-18)23-10-2-3-11-23)20(24)21-13-16-5-4-12-26-16/h6-9,16H,2-5,10-13H2,1H3,(H,21,24)/t16-/m0/s1. The van der Waals surface area contributed by atoms with Gasteiger partial charge in [-0.2, -0.15) is 0 Å². The van der Waals surface area contributed by atoms with Gasteiger partial charge in [-0.3, -0.25) is 4.79 Å². The highest BCUT2D eigenvalue weighted by Gasteiger charge is 2.29. The fourth-order valence-corrected chi connectivity index (χ4v) is 3.67. The van der Waals surface area contributed by atoms with Gasteiger partial charge >= 0.3 is 0 Å². The molecule has 0 bridgehead atoms. The van der Waals surface area contributed by atoms with Crippen molar-refractivity contribution in [2.45, 2.75) is 31.8 Å². The summed E-state index contributed by atoms with van der Waals surface area (Å²) in [6.45, 7) is 3.05. The Morgan fingerprint density at radius 2 is 2.04 bits per heavy atom. The zero-order valence-corrected chi connectivity index (χ0v) is 15.6. The molecule has 7 nitrogen and oxygen atoms in total. The molecule has 2 saturated heterocycles. The van der Waals surface area contributed by atoms with Crippen LogP contribution in [0.4, 0.5) is 5.82 Å². The van der Waals surface area contributed by atoms with Crippen molar-refractivity contribution >= 4 is 11.7 Å². The Hall–Kier alpha value is -2.54. The minimum Gasteiger partial charge on any atom is -0.497 e. The number of amides is 1. The summed E-state index contributed by atoms with van der Waals surface area (Å²) < 4.78 is 16.5. The Morgan fingerprint density at radius 1 is 1.26 bits per heavy atom. The van der Waals surface area contributed by atoms with Gasteiger partial charge in [0, 0.05) is 31.8 Å². The van der Waals surface area contributed by atoms with Crippen LogP contribution in [0.3, 0.4) is 0 Å². The third kappa shape index (κ3) is 3.78. The van der Waals surface area contributed by atoms with Crippen molar-refractivity contribution in [3.05, 3.63) is 29.8 Å². The molecule has 27 heavy (non-hydrogen) atoms. The number of anilines is 1. The van der Waals surface area contributed by atoms with E-state index in [1.807, 2.05) is 24.3 Å². The van der Waals surface area contributed by atoms with E-state index in [1.165, 1.54) is 0 Å². The van der Waals surface area contributed by atoms with Gasteiger partial charge in [0.05, 0.1) is 13.2 Å². The van der Waals surface area contributed by atoms with E-state index in [1.54, 1.807) is 7.11 Å². The summed E-state index contributed by atoms with van der Waals surface area (Å²) in [6, 6.07) is 7.46. The van der Waals surface area contributed by atoms with Gasteiger partial charge in [-0.05, 0) is 49.9 Å². The zero-order chi connectivity index (χ0) is 18.6. The molecule has 2 fully saturated rings. The first-order valence-electron chi connectivity index (χ1n) is 9.55. The third-order valence-electron chi connectivity index (χ3n) is 5.17. The van der Waals surface area contributed by atoms with Crippen LogP contribution in [-0.4, -0.2) is 50.5 Å². The maximum absolute atomic E-state index is 13.0. The summed E-state index contributed by atoms with van der Waals surface area (Å²) in [5, 5.41) is 7.25. The van der Waals surface area contributed by atoms with Crippen LogP contribution in [0.1, 0.15) is 36.0 Å². The van der Waals surface area contributed by atoms with Crippen molar-refractivity contribution in [3.8, 4) is 17.1 Å². The number of carbonyl (C=O) groups is 1. The zero-order valence-electron chi connectivity index (χ0n) is 15.6. The number of rotatable bonds is 6. The highest BCUT2D eigenvalue weighted by molar-refractivity contribution is 6.04. The molecule has 1 atom stereocenters. The van der Waals surface area contributed by atoms with Gasteiger partial charge in [-0.1, -0.05) is 5.16 Å². The number of hydrogen-bond acceptors (Lipinski definition) is 6. The molecule has 144 valence electrons. The molecule has 0 radical (unpaired) electrons. The summed E-state index contributed by atoms with van der Waals surface area (Å²) in [6.07, 6.45) is 4.31. The molecule has 0 spiro atoms. The third-order valence-corrected chi connectivity index (χ3v) is 5.17. The first kappa shape index (κ1) is 17.9. The Balaban J connectivity index is 1.62. The van der Waals surface area contributed by atoms with Crippen LogP contribution in [0.25, 0.3) is 11.3 Å². The maximum Gasteiger partial charge on any atom is 0.259 e. The highest BCUT2D eigenvalue weighted by Crippen LogP contribution is 2.33. The van der Waals surface area contributed by atoms with E-state index in [0.717, 1.165) is 56.7 Å². The summed E-state index contributed by atoms with van der Waals surface area (Å²) in [7, 11) is 1.62. The van der Waals surface area contributed by atoms with Gasteiger partial charge in [0.2, 0.25) is 0 Å². The first-order chi connectivity index (χ1) is 13.3. The van der Waals surface area contributed by atoms with Crippen LogP contribution in [-0.2, 0) is 4.74 Å². The summed E-state index contributed by atoms with van der Waals surface area (Å²) in [5.41, 5.74) is 1.30. The molecule has 2 aliphatic heterocycles. The Labute approximate surface area is 158 Å². The Morgan fingerprint density at radius 3 is 2.70 bits per heavy atom. The molecule has 2 aromatic rings. The van der Waals surface area contributed by atoms with Crippen LogP contribution < -0.4 is 15.0 Å². The molecular weight excluding hydrogens is 346 g/mol. The molecule has 1 amide bonds. The molecule has 0 aliphatic carbocycles. The van der Waals surface area contributed by atoms with Crippen molar-refractivity contribution in [2.75, 3.05) is 38.3 Å². The van der Waals surface area contributed by atoms with Crippen molar-refractivity contribution in [1.82, 2.24) is 10.5 Å². The molecule has 0 unspecified atom stereocenters. The van der Waals surface area contributed by atoms with E-state index < -0.39 is 0 Å². The van der Waals surface area contributed by atoms with E-state index >= 15 is 0 Å². The maximum atomic E-state index is 13.0. The second-order valence-electron chi connectivity index (χ2n) is 6.98. The SMILES string of the molecule is COc1ccc(-c2onc(N3CCCC3)c2C(=O)NC[C@@H]2CCCO2)cc1. The smallest absolute Gasteiger partial charge is 0.259 e. The lowest BCUT2D eigenvalue weighted by molar-refractivity contribution is 0.0858. The van der Waals surface area contributed by atoms with E-state index in [0.29, 0.717) is 23.7 Å². The van der Waals surface area contributed by atoms with E-state index in [-0.39, 0.29) is 12.0 Å². The minimum absolute atomic E-state index is 0.0912. The second kappa shape index (κ2) is 8.00. The van der Waals surface area contributed by atoms with Gasteiger partial charge in [0.1, 0.15) is 11.3 Å². The number of methoxy groups -OCH3 is 1. The summed E-state index contributed by atoms with van der Waals surface area (Å²) >= 11 is 0. The van der Waals surface area contributed by atoms with Crippen molar-refractivity contribution in [3.63, 3.8) is 0 Å². The average Bonchev–Trinajstić information content (AvgIpc) is 3.47. The fourth-order valence-electron chi connectivity index (χ4n) is 3.67. The topological polar surface area (TPSA) is 76.8 Å². The molecular formula is C20H25N3O4. The predicted octanol–water partition coefficient (Wildman–Crippen LogP) is 2.86. The van der Waals surface area contributed by atoms with E-state index in [2.05, 4.69) is 15.4 Å². The second-order valence-corrected chi connectivity index (χ2v) is 6.98. The number of ether oxygens (including phenoxy) is 2. The number of benzene rings is 1. The van der Waals surface area contributed by atoms with Gasteiger partial charge in [-0.25, -0.2) is 0 Å². The molecule has 2 aliphatic rings. The number of hydrogen-bond donors (Lipinski definition) is 1. The Kier molecular flexibility index (Phi) is 5.29. The van der Waals surface area contributed by atoms with Crippen molar-refractivity contribution in [1.29, 1.82) is 0 Å². The number of nitrogens with zero attached hydrogens (tertiary/aromatic N) is 2. The average molecular weight is 371 g/mol. The van der Waals surface area contributed by atoms with E-state index in [9.17, 15) is 4.79 Å². The summed E-state index contributed by atoms with van der Waals surface area (Å²) in [5.74, 6) is 1.70. The van der Waals surface area contributed by atoms with Crippen molar-refractivity contribution in [2.24, 2.45) is 0 Å². The van der Waals surface area contributed by atoms with Crippen molar-refractivity contribution < 1.29 is 18.8 Å². The van der Waals surface area contributed by atoms with Gasteiger partial charge < -0.3 is 24.2 Å². The lowest BCUT2D eigenvalue weighted by Gasteiger charge is -2.16. The first-order valence-corrected chi connectivity index (χ1v) is 9.55. The van der Waals surface area contributed by atoms with E-state index in [4.69, 9.17) is 14.0 Å². The van der Waals surface area contributed by atoms with Crippen LogP contribution >= 0.6 is 0 Å².